The zero-order valence-corrected chi connectivity index (χ0v) is 7.71. The van der Waals surface area contributed by atoms with Crippen molar-refractivity contribution in [3.8, 4) is 0 Å². The maximum Gasteiger partial charge on any atom is 0.334 e. The minimum Gasteiger partial charge on any atom is -0.458 e. The molecular weight excluding hydrogens is 196 g/mol. The lowest BCUT2D eigenvalue weighted by Crippen LogP contribution is -2.15. The summed E-state index contributed by atoms with van der Waals surface area (Å²) in [4.78, 5) is 10.8. The zero-order chi connectivity index (χ0) is 10.5. The van der Waals surface area contributed by atoms with Gasteiger partial charge in [0.25, 0.3) is 10.1 Å². The molecule has 0 unspecified atom stereocenters. The monoisotopic (exact) mass is 206 g/mol. The summed E-state index contributed by atoms with van der Waals surface area (Å²) in [6.07, 6.45) is 1.33. The maximum absolute atomic E-state index is 10.8. The molecule has 0 heterocycles. The van der Waals surface area contributed by atoms with Gasteiger partial charge in [0, 0.05) is 5.57 Å². The summed E-state index contributed by atoms with van der Waals surface area (Å²) in [6, 6.07) is 0. The number of carbonyl (C=O) groups excluding carboxylic acids is 1. The van der Waals surface area contributed by atoms with Gasteiger partial charge in [-0.2, -0.15) is 8.42 Å². The van der Waals surface area contributed by atoms with E-state index in [0.717, 1.165) is 0 Å². The molecule has 74 valence electrons. The molecule has 0 amide bonds. The fourth-order valence-electron chi connectivity index (χ4n) is 0.516. The molecule has 6 heteroatoms. The smallest absolute Gasteiger partial charge is 0.334 e. The topological polar surface area (TPSA) is 80.7 Å². The molecule has 5 nitrogen and oxygen atoms in total. The highest BCUT2D eigenvalue weighted by Crippen LogP contribution is 1.98. The highest BCUT2D eigenvalue weighted by Gasteiger charge is 2.15. The Bertz CT molecular complexity index is 314. The van der Waals surface area contributed by atoms with Crippen molar-refractivity contribution in [1.29, 1.82) is 0 Å². The molecule has 0 saturated carbocycles. The fourth-order valence-corrected chi connectivity index (χ4v) is 1.07. The van der Waals surface area contributed by atoms with E-state index in [2.05, 4.69) is 17.9 Å². The van der Waals surface area contributed by atoms with E-state index in [1.165, 1.54) is 6.08 Å². The van der Waals surface area contributed by atoms with E-state index < -0.39 is 21.8 Å². The number of ether oxygens (including phenoxy) is 1. The summed E-state index contributed by atoms with van der Waals surface area (Å²) in [5.74, 6) is -1.68. The molecule has 13 heavy (non-hydrogen) atoms. The third-order valence-corrected chi connectivity index (χ3v) is 1.69. The molecule has 0 aliphatic rings. The lowest BCUT2D eigenvalue weighted by atomic mass is 10.4. The van der Waals surface area contributed by atoms with Gasteiger partial charge in [0.2, 0.25) is 0 Å². The SMILES string of the molecule is C=CCOC(=O)C(=C)CS(=O)(=O)O. The minimum atomic E-state index is -4.22. The fraction of sp³-hybridized carbons (Fsp3) is 0.286. The quantitative estimate of drug-likeness (QED) is 0.300. The van der Waals surface area contributed by atoms with Crippen LogP contribution in [0.3, 0.4) is 0 Å². The Morgan fingerprint density at radius 1 is 1.54 bits per heavy atom. The molecule has 0 aromatic rings. The average molecular weight is 206 g/mol. The average Bonchev–Trinajstić information content (AvgIpc) is 1.96. The van der Waals surface area contributed by atoms with E-state index in [1.807, 2.05) is 0 Å². The third-order valence-electron chi connectivity index (χ3n) is 0.978. The Balaban J connectivity index is 4.13. The first-order chi connectivity index (χ1) is 5.87. The molecule has 0 bridgehead atoms. The molecule has 0 aromatic heterocycles. The second kappa shape index (κ2) is 4.78. The molecule has 0 aromatic carbocycles. The van der Waals surface area contributed by atoms with Crippen molar-refractivity contribution in [1.82, 2.24) is 0 Å². The van der Waals surface area contributed by atoms with E-state index in [0.29, 0.717) is 0 Å². The van der Waals surface area contributed by atoms with E-state index in [4.69, 9.17) is 4.55 Å². The second-order valence-corrected chi connectivity index (χ2v) is 3.67. The van der Waals surface area contributed by atoms with Crippen molar-refractivity contribution in [3.05, 3.63) is 24.8 Å². The Labute approximate surface area is 76.5 Å². The van der Waals surface area contributed by atoms with Crippen LogP contribution in [-0.2, 0) is 19.6 Å². The molecular formula is C7H10O5S. The van der Waals surface area contributed by atoms with Gasteiger partial charge in [0.15, 0.2) is 0 Å². The van der Waals surface area contributed by atoms with Gasteiger partial charge < -0.3 is 4.74 Å². The molecule has 0 atom stereocenters. The van der Waals surface area contributed by atoms with Crippen LogP contribution in [0.2, 0.25) is 0 Å². The van der Waals surface area contributed by atoms with Crippen LogP contribution in [0.25, 0.3) is 0 Å². The van der Waals surface area contributed by atoms with E-state index in [1.54, 1.807) is 0 Å². The lowest BCUT2D eigenvalue weighted by molar-refractivity contribution is -0.137. The first-order valence-electron chi connectivity index (χ1n) is 3.28. The van der Waals surface area contributed by atoms with Crippen LogP contribution in [0.5, 0.6) is 0 Å². The second-order valence-electron chi connectivity index (χ2n) is 2.22. The van der Waals surface area contributed by atoms with E-state index in [9.17, 15) is 13.2 Å². The predicted molar refractivity (Wildman–Crippen MR) is 46.7 cm³/mol. The molecule has 1 N–H and O–H groups in total. The highest BCUT2D eigenvalue weighted by atomic mass is 32.2. The first kappa shape index (κ1) is 11.9. The molecule has 0 fully saturated rings. The highest BCUT2D eigenvalue weighted by molar-refractivity contribution is 7.86. The third kappa shape index (κ3) is 6.06. The van der Waals surface area contributed by atoms with Gasteiger partial charge in [0.1, 0.15) is 12.4 Å². The lowest BCUT2D eigenvalue weighted by Gasteiger charge is -2.02. The number of rotatable bonds is 5. The number of carbonyl (C=O) groups is 1. The van der Waals surface area contributed by atoms with Crippen molar-refractivity contribution >= 4 is 16.1 Å². The molecule has 0 saturated heterocycles. The molecule has 0 spiro atoms. The Morgan fingerprint density at radius 3 is 2.46 bits per heavy atom. The van der Waals surface area contributed by atoms with Gasteiger partial charge in [-0.3, -0.25) is 4.55 Å². The molecule has 0 aliphatic carbocycles. The molecule has 0 radical (unpaired) electrons. The minimum absolute atomic E-state index is 0.0245. The Hall–Kier alpha value is -1.14. The van der Waals surface area contributed by atoms with Crippen LogP contribution < -0.4 is 0 Å². The van der Waals surface area contributed by atoms with Gasteiger partial charge in [-0.25, -0.2) is 4.79 Å². The molecule has 0 rings (SSSR count). The Kier molecular flexibility index (Phi) is 4.36. The first-order valence-corrected chi connectivity index (χ1v) is 4.88. The van der Waals surface area contributed by atoms with Crippen LogP contribution in [0.1, 0.15) is 0 Å². The summed E-state index contributed by atoms with van der Waals surface area (Å²) >= 11 is 0. The number of hydrogen-bond donors (Lipinski definition) is 1. The van der Waals surface area contributed by atoms with E-state index in [-0.39, 0.29) is 12.2 Å². The van der Waals surface area contributed by atoms with Crippen LogP contribution >= 0.6 is 0 Å². The maximum atomic E-state index is 10.8. The van der Waals surface area contributed by atoms with Gasteiger partial charge >= 0.3 is 5.97 Å². The number of esters is 1. The summed E-state index contributed by atoms with van der Waals surface area (Å²) in [5.41, 5.74) is -0.315. The molecule has 0 aliphatic heterocycles. The van der Waals surface area contributed by atoms with Gasteiger partial charge in [-0.15, -0.1) is 0 Å². The summed E-state index contributed by atoms with van der Waals surface area (Å²) in [5, 5.41) is 0. The summed E-state index contributed by atoms with van der Waals surface area (Å²) < 4.78 is 33.4. The van der Waals surface area contributed by atoms with Gasteiger partial charge in [-0.05, 0) is 0 Å². The normalized spacial score (nSPS) is 10.5. The summed E-state index contributed by atoms with van der Waals surface area (Å²) in [7, 11) is -4.22. The summed E-state index contributed by atoms with van der Waals surface area (Å²) in [6.45, 7) is 6.41. The van der Waals surface area contributed by atoms with Crippen LogP contribution in [0.15, 0.2) is 24.8 Å². The number of hydrogen-bond acceptors (Lipinski definition) is 4. The van der Waals surface area contributed by atoms with Crippen LogP contribution in [0, 0.1) is 0 Å². The van der Waals surface area contributed by atoms with E-state index >= 15 is 0 Å². The van der Waals surface area contributed by atoms with Crippen molar-refractivity contribution in [2.45, 2.75) is 0 Å². The van der Waals surface area contributed by atoms with Crippen molar-refractivity contribution < 1.29 is 22.5 Å². The zero-order valence-electron chi connectivity index (χ0n) is 6.89. The standard InChI is InChI=1S/C7H10O5S/c1-3-4-12-7(8)6(2)5-13(9,10)11/h3H,1-2,4-5H2,(H,9,10,11). The van der Waals surface area contributed by atoms with Crippen LogP contribution in [-0.4, -0.2) is 31.3 Å². The Morgan fingerprint density at radius 2 is 2.08 bits per heavy atom. The van der Waals surface area contributed by atoms with Gasteiger partial charge in [0.05, 0.1) is 0 Å². The van der Waals surface area contributed by atoms with Crippen molar-refractivity contribution in [3.63, 3.8) is 0 Å². The van der Waals surface area contributed by atoms with Crippen LogP contribution in [0.4, 0.5) is 0 Å². The van der Waals surface area contributed by atoms with Crippen molar-refractivity contribution in [2.24, 2.45) is 0 Å². The van der Waals surface area contributed by atoms with Crippen molar-refractivity contribution in [2.75, 3.05) is 12.4 Å². The predicted octanol–water partition coefficient (Wildman–Crippen LogP) is 0.160. The largest absolute Gasteiger partial charge is 0.458 e. The van der Waals surface area contributed by atoms with Gasteiger partial charge in [-0.1, -0.05) is 19.2 Å².